The average molecular weight is 674 g/mol. The molecule has 0 N–H and O–H groups in total. The van der Waals surface area contributed by atoms with E-state index in [1.165, 1.54) is 65.7 Å². The van der Waals surface area contributed by atoms with Gasteiger partial charge in [0, 0.05) is 16.7 Å². The van der Waals surface area contributed by atoms with Crippen LogP contribution in [0.2, 0.25) is 0 Å². The second-order valence-corrected chi connectivity index (χ2v) is 13.9. The normalized spacial score (nSPS) is 14.9. The zero-order chi connectivity index (χ0) is 34.9. The van der Waals surface area contributed by atoms with Crippen LogP contribution < -0.4 is 0 Å². The van der Waals surface area contributed by atoms with E-state index >= 15 is 0 Å². The molecule has 0 aliphatic heterocycles. The van der Waals surface area contributed by atoms with E-state index in [1.807, 2.05) is 60.7 Å². The van der Waals surface area contributed by atoms with Gasteiger partial charge in [-0.25, -0.2) is 15.0 Å². The van der Waals surface area contributed by atoms with Gasteiger partial charge in [0.15, 0.2) is 17.5 Å². The molecule has 1 heterocycles. The lowest BCUT2D eigenvalue weighted by molar-refractivity contribution is 0.776. The minimum Gasteiger partial charge on any atom is -0.208 e. The molecule has 0 saturated carbocycles. The first-order chi connectivity index (χ1) is 26.3. The maximum absolute atomic E-state index is 5.04. The first kappa shape index (κ1) is 29.7. The molecule has 1 aliphatic carbocycles. The quantitative estimate of drug-likeness (QED) is 0.171. The summed E-state index contributed by atoms with van der Waals surface area (Å²) in [5.41, 5.74) is 9.97. The molecule has 1 atom stereocenters. The molecule has 246 valence electrons. The highest BCUT2D eigenvalue weighted by molar-refractivity contribution is 6.29. The van der Waals surface area contributed by atoms with Crippen molar-refractivity contribution >= 4 is 32.3 Å². The number of benzene rings is 9. The minimum atomic E-state index is -0.570. The number of fused-ring (bicyclic) bond motifs is 5. The Morgan fingerprint density at radius 2 is 0.811 bits per heavy atom. The first-order valence-electron chi connectivity index (χ1n) is 18.1. The molecule has 1 unspecified atom stereocenters. The largest absolute Gasteiger partial charge is 0.208 e. The smallest absolute Gasteiger partial charge is 0.164 e. The molecule has 0 amide bonds. The fourth-order valence-electron chi connectivity index (χ4n) is 8.94. The van der Waals surface area contributed by atoms with Crippen LogP contribution in [0.15, 0.2) is 188 Å². The highest BCUT2D eigenvalue weighted by atomic mass is 15.0. The summed E-state index contributed by atoms with van der Waals surface area (Å²) >= 11 is 0. The van der Waals surface area contributed by atoms with Gasteiger partial charge in [-0.1, -0.05) is 188 Å². The third-order valence-corrected chi connectivity index (χ3v) is 11.1. The molecule has 53 heavy (non-hydrogen) atoms. The van der Waals surface area contributed by atoms with Crippen molar-refractivity contribution < 1.29 is 0 Å². The lowest BCUT2D eigenvalue weighted by Crippen LogP contribution is -2.29. The zero-order valence-corrected chi connectivity index (χ0v) is 28.7. The Morgan fingerprint density at radius 1 is 0.340 bits per heavy atom. The van der Waals surface area contributed by atoms with Gasteiger partial charge in [0.05, 0.1) is 5.41 Å². The molecule has 11 rings (SSSR count). The van der Waals surface area contributed by atoms with Crippen molar-refractivity contribution in [3.63, 3.8) is 0 Å². The Balaban J connectivity index is 1.19. The zero-order valence-electron chi connectivity index (χ0n) is 28.7. The van der Waals surface area contributed by atoms with E-state index in [9.17, 15) is 0 Å². The van der Waals surface area contributed by atoms with Gasteiger partial charge in [-0.2, -0.15) is 0 Å². The van der Waals surface area contributed by atoms with Crippen LogP contribution >= 0.6 is 0 Å². The maximum atomic E-state index is 5.04. The van der Waals surface area contributed by atoms with Gasteiger partial charge < -0.3 is 0 Å². The summed E-state index contributed by atoms with van der Waals surface area (Å²) in [5, 5.41) is 7.80. The molecule has 1 aliphatic rings. The fraction of sp³-hybridized carbons (Fsp3) is 0.0200. The molecule has 1 aromatic heterocycles. The van der Waals surface area contributed by atoms with Crippen molar-refractivity contribution in [3.05, 3.63) is 210 Å². The topological polar surface area (TPSA) is 38.7 Å². The third kappa shape index (κ3) is 4.31. The molecular weight excluding hydrogens is 643 g/mol. The monoisotopic (exact) mass is 673 g/mol. The van der Waals surface area contributed by atoms with E-state index in [1.54, 1.807) is 0 Å². The molecule has 10 aromatic rings. The molecule has 0 bridgehead atoms. The Kier molecular flexibility index (Phi) is 6.47. The number of hydrogen-bond acceptors (Lipinski definition) is 3. The van der Waals surface area contributed by atoms with Crippen molar-refractivity contribution in [3.8, 4) is 45.3 Å². The molecule has 0 radical (unpaired) electrons. The first-order valence-corrected chi connectivity index (χ1v) is 18.1. The van der Waals surface area contributed by atoms with Gasteiger partial charge in [-0.3, -0.25) is 0 Å². The number of rotatable bonds is 5. The van der Waals surface area contributed by atoms with Gasteiger partial charge in [-0.15, -0.1) is 0 Å². The molecule has 3 nitrogen and oxygen atoms in total. The summed E-state index contributed by atoms with van der Waals surface area (Å²) in [4.78, 5) is 15.0. The second-order valence-electron chi connectivity index (χ2n) is 13.9. The highest BCUT2D eigenvalue weighted by Crippen LogP contribution is 2.61. The summed E-state index contributed by atoms with van der Waals surface area (Å²) in [6, 6.07) is 67.5. The summed E-state index contributed by atoms with van der Waals surface area (Å²) in [5.74, 6) is 1.96. The van der Waals surface area contributed by atoms with Crippen molar-refractivity contribution in [2.75, 3.05) is 0 Å². The fourth-order valence-corrected chi connectivity index (χ4v) is 8.94. The van der Waals surface area contributed by atoms with E-state index < -0.39 is 5.41 Å². The average Bonchev–Trinajstić information content (AvgIpc) is 3.56. The summed E-state index contributed by atoms with van der Waals surface area (Å²) in [7, 11) is 0. The van der Waals surface area contributed by atoms with Crippen molar-refractivity contribution in [1.29, 1.82) is 0 Å². The van der Waals surface area contributed by atoms with Crippen LogP contribution in [0.1, 0.15) is 22.3 Å². The standard InChI is InChI=1S/C50H31N3/c1-4-14-34(15-5-1)47-51-48(35-16-6-2-7-17-35)53-49(52-47)36-28-30-38(31-29-36)50(37-20-8-3-9-21-37)42-25-11-10-22-39(42)45-40-23-12-18-32-26-27-33-19-13-24-41(46(45)50)44(33)43(32)40/h1-31H. The molecule has 0 fully saturated rings. The maximum Gasteiger partial charge on any atom is 0.164 e. The van der Waals surface area contributed by atoms with E-state index in [0.717, 1.165) is 16.7 Å². The van der Waals surface area contributed by atoms with Gasteiger partial charge in [0.2, 0.25) is 0 Å². The van der Waals surface area contributed by atoms with Crippen LogP contribution in [0.25, 0.3) is 77.6 Å². The second kappa shape index (κ2) is 11.5. The lowest BCUT2D eigenvalue weighted by atomic mass is 9.66. The van der Waals surface area contributed by atoms with E-state index in [4.69, 9.17) is 15.0 Å². The van der Waals surface area contributed by atoms with Gasteiger partial charge in [0.1, 0.15) is 0 Å². The van der Waals surface area contributed by atoms with E-state index in [-0.39, 0.29) is 0 Å². The molecule has 3 heteroatoms. The SMILES string of the molecule is c1ccc(-c2nc(-c3ccccc3)nc(-c3ccc(C4(c5ccccc5)c5ccccc5-c5c4c4cccc6ccc7cccc5c7c64)cc3)n2)cc1. The summed E-state index contributed by atoms with van der Waals surface area (Å²) < 4.78 is 0. The third-order valence-electron chi connectivity index (χ3n) is 11.1. The lowest BCUT2D eigenvalue weighted by Gasteiger charge is -2.35. The predicted molar refractivity (Wildman–Crippen MR) is 217 cm³/mol. The molecule has 0 spiro atoms. The van der Waals surface area contributed by atoms with Crippen LogP contribution in [-0.2, 0) is 5.41 Å². The van der Waals surface area contributed by atoms with Gasteiger partial charge in [0.25, 0.3) is 0 Å². The molecule has 0 saturated heterocycles. The Morgan fingerprint density at radius 3 is 1.42 bits per heavy atom. The van der Waals surface area contributed by atoms with E-state index in [0.29, 0.717) is 17.5 Å². The Bertz CT molecular complexity index is 2920. The summed E-state index contributed by atoms with van der Waals surface area (Å²) in [6.07, 6.45) is 0. The van der Waals surface area contributed by atoms with Gasteiger partial charge >= 0.3 is 0 Å². The van der Waals surface area contributed by atoms with Crippen molar-refractivity contribution in [1.82, 2.24) is 15.0 Å². The molecule has 9 aromatic carbocycles. The van der Waals surface area contributed by atoms with Crippen LogP contribution in [0.5, 0.6) is 0 Å². The number of aromatic nitrogens is 3. The van der Waals surface area contributed by atoms with Crippen LogP contribution in [0.3, 0.4) is 0 Å². The van der Waals surface area contributed by atoms with Crippen LogP contribution in [0, 0.1) is 0 Å². The predicted octanol–water partition coefficient (Wildman–Crippen LogP) is 12.1. The van der Waals surface area contributed by atoms with Crippen molar-refractivity contribution in [2.24, 2.45) is 0 Å². The van der Waals surface area contributed by atoms with Crippen LogP contribution in [0.4, 0.5) is 0 Å². The molecular formula is C50H31N3. The highest BCUT2D eigenvalue weighted by Gasteiger charge is 2.48. The van der Waals surface area contributed by atoms with Crippen LogP contribution in [-0.4, -0.2) is 15.0 Å². The minimum absolute atomic E-state index is 0.570. The Hall–Kier alpha value is -6.97. The number of nitrogens with zero attached hydrogens (tertiary/aromatic N) is 3. The van der Waals surface area contributed by atoms with Crippen molar-refractivity contribution in [2.45, 2.75) is 5.41 Å². The summed E-state index contributed by atoms with van der Waals surface area (Å²) in [6.45, 7) is 0. The Labute approximate surface area is 307 Å². The van der Waals surface area contributed by atoms with Gasteiger partial charge in [-0.05, 0) is 65.7 Å². The van der Waals surface area contributed by atoms with E-state index in [2.05, 4.69) is 127 Å². The number of hydrogen-bond donors (Lipinski definition) is 0.